The molecule has 0 unspecified atom stereocenters. The van der Waals surface area contributed by atoms with Gasteiger partial charge >= 0.3 is 0 Å². The van der Waals surface area contributed by atoms with Crippen LogP contribution in [-0.4, -0.2) is 33.6 Å². The van der Waals surface area contributed by atoms with Crippen LogP contribution >= 0.6 is 15.9 Å². The van der Waals surface area contributed by atoms with Crippen molar-refractivity contribution >= 4 is 21.7 Å². The number of nitrogens with one attached hydrogen (secondary N) is 1. The number of likely N-dealkylation sites (N-methyl/N-ethyl adjacent to an activating group) is 1. The molecule has 88 valence electrons. The van der Waals surface area contributed by atoms with Crippen molar-refractivity contribution in [3.8, 4) is 11.5 Å². The molecule has 1 aromatic carbocycles. The number of carbonyl (C=O) groups is 1. The molecule has 0 aliphatic carbocycles. The van der Waals surface area contributed by atoms with Crippen LogP contribution in [0.1, 0.15) is 10.4 Å². The minimum atomic E-state index is -0.0508. The fraction of sp³-hybridized carbons (Fsp3) is 0.364. The third-order valence-corrected chi connectivity index (χ3v) is 2.91. The third-order valence-electron chi connectivity index (χ3n) is 2.12. The molecular formula is C11H14BrNO3. The Balaban J connectivity index is 3.26. The van der Waals surface area contributed by atoms with Gasteiger partial charge in [-0.2, -0.15) is 0 Å². The van der Waals surface area contributed by atoms with Crippen molar-refractivity contribution in [2.45, 2.75) is 0 Å². The van der Waals surface area contributed by atoms with E-state index in [1.807, 2.05) is 0 Å². The maximum atomic E-state index is 11.9. The van der Waals surface area contributed by atoms with E-state index in [1.54, 1.807) is 26.3 Å². The average Bonchev–Trinajstić information content (AvgIpc) is 2.28. The number of hydrogen-bond donors (Lipinski definition) is 1. The summed E-state index contributed by atoms with van der Waals surface area (Å²) >= 11 is 3.35. The van der Waals surface area contributed by atoms with Crippen molar-refractivity contribution in [2.24, 2.45) is 0 Å². The largest absolute Gasteiger partial charge is 0.496 e. The maximum absolute atomic E-state index is 11.9. The smallest absolute Gasteiger partial charge is 0.181 e. The number of ketones is 1. The van der Waals surface area contributed by atoms with Gasteiger partial charge in [-0.25, -0.2) is 0 Å². The average molecular weight is 288 g/mol. The minimum absolute atomic E-state index is 0.0508. The topological polar surface area (TPSA) is 47.6 Å². The second-order valence-electron chi connectivity index (χ2n) is 3.11. The molecule has 0 saturated heterocycles. The van der Waals surface area contributed by atoms with Crippen molar-refractivity contribution < 1.29 is 14.3 Å². The van der Waals surface area contributed by atoms with E-state index in [9.17, 15) is 4.79 Å². The Morgan fingerprint density at radius 1 is 1.31 bits per heavy atom. The zero-order valence-electron chi connectivity index (χ0n) is 9.46. The standard InChI is InChI=1S/C11H14BrNO3/c1-13-6-7(14)10-8(15-2)4-5-9(16-3)11(10)12/h4-5,13H,6H2,1-3H3. The molecule has 4 nitrogen and oxygen atoms in total. The molecule has 0 bridgehead atoms. The summed E-state index contributed by atoms with van der Waals surface area (Å²) in [5, 5.41) is 2.82. The van der Waals surface area contributed by atoms with Gasteiger partial charge in [0.2, 0.25) is 0 Å². The normalized spacial score (nSPS) is 10.0. The van der Waals surface area contributed by atoms with Gasteiger partial charge in [0, 0.05) is 0 Å². The van der Waals surface area contributed by atoms with E-state index in [0.29, 0.717) is 21.5 Å². The summed E-state index contributed by atoms with van der Waals surface area (Å²) in [5.41, 5.74) is 0.496. The van der Waals surface area contributed by atoms with Gasteiger partial charge in [0.05, 0.1) is 30.8 Å². The van der Waals surface area contributed by atoms with Gasteiger partial charge in [0.1, 0.15) is 11.5 Å². The molecule has 0 amide bonds. The van der Waals surface area contributed by atoms with Crippen LogP contribution < -0.4 is 14.8 Å². The Labute approximate surface area is 103 Å². The quantitative estimate of drug-likeness (QED) is 0.840. The zero-order chi connectivity index (χ0) is 12.1. The highest BCUT2D eigenvalue weighted by atomic mass is 79.9. The first kappa shape index (κ1) is 13.0. The van der Waals surface area contributed by atoms with E-state index >= 15 is 0 Å². The highest BCUT2D eigenvalue weighted by Crippen LogP contribution is 2.35. The summed E-state index contributed by atoms with van der Waals surface area (Å²) in [5.74, 6) is 1.10. The molecule has 0 aromatic heterocycles. The maximum Gasteiger partial charge on any atom is 0.181 e. The molecule has 5 heteroatoms. The zero-order valence-corrected chi connectivity index (χ0v) is 11.1. The molecule has 0 aliphatic heterocycles. The van der Waals surface area contributed by atoms with Gasteiger partial charge < -0.3 is 14.8 Å². The Kier molecular flexibility index (Phi) is 4.76. The number of halogens is 1. The lowest BCUT2D eigenvalue weighted by atomic mass is 10.1. The lowest BCUT2D eigenvalue weighted by Crippen LogP contribution is -2.19. The van der Waals surface area contributed by atoms with Crippen LogP contribution in [0.3, 0.4) is 0 Å². The molecule has 0 fully saturated rings. The summed E-state index contributed by atoms with van der Waals surface area (Å²) in [6.07, 6.45) is 0. The number of Topliss-reactive ketones (excluding diaryl/α,β-unsaturated/α-hetero) is 1. The molecule has 1 N–H and O–H groups in total. The fourth-order valence-corrected chi connectivity index (χ4v) is 2.09. The number of benzene rings is 1. The molecule has 0 saturated carbocycles. The van der Waals surface area contributed by atoms with Gasteiger partial charge in [0.15, 0.2) is 5.78 Å². The van der Waals surface area contributed by atoms with Crippen LogP contribution in [-0.2, 0) is 0 Å². The molecule has 1 aromatic rings. The summed E-state index contributed by atoms with van der Waals surface area (Å²) in [7, 11) is 4.81. The third kappa shape index (κ3) is 2.54. The number of methoxy groups -OCH3 is 2. The Bertz CT molecular complexity index is 393. The van der Waals surface area contributed by atoms with Gasteiger partial charge in [0.25, 0.3) is 0 Å². The van der Waals surface area contributed by atoms with Crippen LogP contribution in [0.2, 0.25) is 0 Å². The van der Waals surface area contributed by atoms with Gasteiger partial charge in [-0.3, -0.25) is 4.79 Å². The van der Waals surface area contributed by atoms with Crippen molar-refractivity contribution in [3.63, 3.8) is 0 Å². The highest BCUT2D eigenvalue weighted by molar-refractivity contribution is 9.10. The van der Waals surface area contributed by atoms with Crippen LogP contribution in [0.15, 0.2) is 16.6 Å². The molecule has 0 atom stereocenters. The first-order valence-electron chi connectivity index (χ1n) is 4.74. The van der Waals surface area contributed by atoms with Crippen molar-refractivity contribution in [2.75, 3.05) is 27.8 Å². The van der Waals surface area contributed by atoms with Crippen molar-refractivity contribution in [3.05, 3.63) is 22.2 Å². The Morgan fingerprint density at radius 2 is 1.88 bits per heavy atom. The summed E-state index contributed by atoms with van der Waals surface area (Å²) < 4.78 is 10.9. The lowest BCUT2D eigenvalue weighted by Gasteiger charge is -2.12. The predicted octanol–water partition coefficient (Wildman–Crippen LogP) is 1.87. The second kappa shape index (κ2) is 5.86. The monoisotopic (exact) mass is 287 g/mol. The number of ether oxygens (including phenoxy) is 2. The number of carbonyl (C=O) groups excluding carboxylic acids is 1. The molecule has 0 heterocycles. The summed E-state index contributed by atoms with van der Waals surface area (Å²) in [4.78, 5) is 11.9. The van der Waals surface area contributed by atoms with Crippen molar-refractivity contribution in [1.82, 2.24) is 5.32 Å². The molecule has 0 radical (unpaired) electrons. The van der Waals surface area contributed by atoms with E-state index in [4.69, 9.17) is 9.47 Å². The van der Waals surface area contributed by atoms with E-state index in [2.05, 4.69) is 21.2 Å². The predicted molar refractivity (Wildman–Crippen MR) is 65.5 cm³/mol. The molecular weight excluding hydrogens is 274 g/mol. The van der Waals surface area contributed by atoms with E-state index in [-0.39, 0.29) is 12.3 Å². The molecule has 0 aliphatic rings. The number of rotatable bonds is 5. The fourth-order valence-electron chi connectivity index (χ4n) is 1.38. The molecule has 1 rings (SSSR count). The molecule has 16 heavy (non-hydrogen) atoms. The Hall–Kier alpha value is -1.07. The first-order chi connectivity index (χ1) is 7.65. The lowest BCUT2D eigenvalue weighted by molar-refractivity contribution is 0.0989. The van der Waals surface area contributed by atoms with Crippen molar-refractivity contribution in [1.29, 1.82) is 0 Å². The highest BCUT2D eigenvalue weighted by Gasteiger charge is 2.18. The summed E-state index contributed by atoms with van der Waals surface area (Å²) in [6.45, 7) is 0.252. The Morgan fingerprint density at radius 3 is 2.38 bits per heavy atom. The van der Waals surface area contributed by atoms with E-state index < -0.39 is 0 Å². The first-order valence-corrected chi connectivity index (χ1v) is 5.53. The second-order valence-corrected chi connectivity index (χ2v) is 3.91. The van der Waals surface area contributed by atoms with Crippen LogP contribution in [0.5, 0.6) is 11.5 Å². The van der Waals surface area contributed by atoms with Gasteiger partial charge in [-0.05, 0) is 35.1 Å². The summed E-state index contributed by atoms with van der Waals surface area (Å²) in [6, 6.07) is 3.46. The van der Waals surface area contributed by atoms with Gasteiger partial charge in [-0.1, -0.05) is 0 Å². The number of hydrogen-bond acceptors (Lipinski definition) is 4. The molecule has 0 spiro atoms. The van der Waals surface area contributed by atoms with Crippen LogP contribution in [0, 0.1) is 0 Å². The van der Waals surface area contributed by atoms with Gasteiger partial charge in [-0.15, -0.1) is 0 Å². The SMILES string of the molecule is CNCC(=O)c1c(OC)ccc(OC)c1Br. The van der Waals surface area contributed by atoms with Crippen LogP contribution in [0.4, 0.5) is 0 Å². The van der Waals surface area contributed by atoms with E-state index in [0.717, 1.165) is 0 Å². The van der Waals surface area contributed by atoms with Crippen LogP contribution in [0.25, 0.3) is 0 Å². The minimum Gasteiger partial charge on any atom is -0.496 e. The van der Waals surface area contributed by atoms with E-state index in [1.165, 1.54) is 7.11 Å².